The van der Waals surface area contributed by atoms with Gasteiger partial charge in [0.05, 0.1) is 29.8 Å². The highest BCUT2D eigenvalue weighted by Gasteiger charge is 2.32. The van der Waals surface area contributed by atoms with Gasteiger partial charge in [-0.05, 0) is 31.2 Å². The van der Waals surface area contributed by atoms with Crippen molar-refractivity contribution in [3.63, 3.8) is 0 Å². The molecule has 7 heteroatoms. The number of rotatable bonds is 4. The first-order valence-corrected chi connectivity index (χ1v) is 9.34. The number of ether oxygens (including phenoxy) is 1. The van der Waals surface area contributed by atoms with Crippen molar-refractivity contribution in [2.24, 2.45) is 0 Å². The number of nitrogens with zero attached hydrogens (tertiary/aromatic N) is 3. The van der Waals surface area contributed by atoms with Crippen molar-refractivity contribution >= 4 is 28.5 Å². The molecule has 2 amide bonds. The van der Waals surface area contributed by atoms with E-state index in [2.05, 4.69) is 14.9 Å². The average molecular weight is 378 g/mol. The lowest BCUT2D eigenvalue weighted by Gasteiger charge is -2.33. The molecule has 1 aliphatic rings. The number of carbonyl (C=O) groups is 2. The number of amides is 2. The Hall–Kier alpha value is -3.35. The molecule has 0 radical (unpaired) electrons. The number of fused-ring (bicyclic) bond motifs is 2. The highest BCUT2D eigenvalue weighted by atomic mass is 16.5. The molecule has 4 rings (SSSR count). The van der Waals surface area contributed by atoms with E-state index in [0.29, 0.717) is 18.0 Å². The SMILES string of the molecule is CCn1c(CNC(=O)[C@H]2CN(C(C)=O)c3ccccc3O2)nc2ccccc21. The summed E-state index contributed by atoms with van der Waals surface area (Å²) in [5.74, 6) is 0.929. The Balaban J connectivity index is 1.51. The van der Waals surface area contributed by atoms with E-state index in [0.717, 1.165) is 23.4 Å². The fourth-order valence-electron chi connectivity index (χ4n) is 3.56. The van der Waals surface area contributed by atoms with Crippen LogP contribution in [0.3, 0.4) is 0 Å². The third kappa shape index (κ3) is 3.19. The Kier molecular flexibility index (Phi) is 4.73. The van der Waals surface area contributed by atoms with Gasteiger partial charge in [0.25, 0.3) is 5.91 Å². The lowest BCUT2D eigenvalue weighted by molar-refractivity contribution is -0.128. The molecule has 7 nitrogen and oxygen atoms in total. The fraction of sp³-hybridized carbons (Fsp3) is 0.286. The van der Waals surface area contributed by atoms with Gasteiger partial charge in [0.1, 0.15) is 11.6 Å². The van der Waals surface area contributed by atoms with Gasteiger partial charge in [-0.3, -0.25) is 9.59 Å². The molecule has 1 aromatic heterocycles. The first-order chi connectivity index (χ1) is 13.6. The number of imidazole rings is 1. The van der Waals surface area contributed by atoms with Crippen molar-refractivity contribution in [3.8, 4) is 5.75 Å². The third-order valence-electron chi connectivity index (χ3n) is 4.92. The second-order valence-electron chi connectivity index (χ2n) is 6.68. The molecule has 0 bridgehead atoms. The molecule has 1 atom stereocenters. The van der Waals surface area contributed by atoms with E-state index in [1.165, 1.54) is 6.92 Å². The second-order valence-corrected chi connectivity index (χ2v) is 6.68. The molecule has 1 N–H and O–H groups in total. The van der Waals surface area contributed by atoms with Gasteiger partial charge in [0.15, 0.2) is 6.10 Å². The van der Waals surface area contributed by atoms with Gasteiger partial charge < -0.3 is 19.5 Å². The molecule has 3 aromatic rings. The van der Waals surface area contributed by atoms with E-state index in [4.69, 9.17) is 4.74 Å². The number of carbonyl (C=O) groups excluding carboxylic acids is 2. The Morgan fingerprint density at radius 3 is 2.71 bits per heavy atom. The van der Waals surface area contributed by atoms with Crippen molar-refractivity contribution < 1.29 is 14.3 Å². The molecule has 0 saturated heterocycles. The van der Waals surface area contributed by atoms with Crippen LogP contribution < -0.4 is 15.0 Å². The number of hydrogen-bond donors (Lipinski definition) is 1. The van der Waals surface area contributed by atoms with E-state index in [-0.39, 0.29) is 18.4 Å². The Morgan fingerprint density at radius 2 is 1.93 bits per heavy atom. The molecule has 2 aromatic carbocycles. The van der Waals surface area contributed by atoms with Crippen molar-refractivity contribution in [3.05, 3.63) is 54.4 Å². The van der Waals surface area contributed by atoms with Crippen LogP contribution in [0.1, 0.15) is 19.7 Å². The Bertz CT molecular complexity index is 1040. The van der Waals surface area contributed by atoms with Gasteiger partial charge in [-0.15, -0.1) is 0 Å². The number of anilines is 1. The van der Waals surface area contributed by atoms with E-state index in [9.17, 15) is 9.59 Å². The topological polar surface area (TPSA) is 76.5 Å². The predicted octanol–water partition coefficient (Wildman–Crippen LogP) is 2.49. The van der Waals surface area contributed by atoms with E-state index in [1.54, 1.807) is 11.0 Å². The second kappa shape index (κ2) is 7.34. The Morgan fingerprint density at radius 1 is 1.18 bits per heavy atom. The van der Waals surface area contributed by atoms with Gasteiger partial charge in [0.2, 0.25) is 5.91 Å². The first kappa shape index (κ1) is 18.0. The van der Waals surface area contributed by atoms with Crippen molar-refractivity contribution in [1.82, 2.24) is 14.9 Å². The lowest BCUT2D eigenvalue weighted by Crippen LogP contribution is -2.50. The summed E-state index contributed by atoms with van der Waals surface area (Å²) in [6.07, 6.45) is -0.766. The van der Waals surface area contributed by atoms with Crippen LogP contribution in [0.4, 0.5) is 5.69 Å². The van der Waals surface area contributed by atoms with Crippen LogP contribution in [-0.4, -0.2) is 34.0 Å². The zero-order valence-corrected chi connectivity index (χ0v) is 15.9. The van der Waals surface area contributed by atoms with Crippen LogP contribution in [0.15, 0.2) is 48.5 Å². The first-order valence-electron chi connectivity index (χ1n) is 9.34. The largest absolute Gasteiger partial charge is 0.477 e. The van der Waals surface area contributed by atoms with Gasteiger partial charge in [-0.2, -0.15) is 0 Å². The zero-order valence-electron chi connectivity index (χ0n) is 15.9. The van der Waals surface area contributed by atoms with Crippen LogP contribution in [0.5, 0.6) is 5.75 Å². The molecule has 0 fully saturated rings. The molecular formula is C21H22N4O3. The minimum atomic E-state index is -0.766. The van der Waals surface area contributed by atoms with Crippen LogP contribution in [-0.2, 0) is 22.7 Å². The summed E-state index contributed by atoms with van der Waals surface area (Å²) in [5, 5.41) is 2.91. The van der Waals surface area contributed by atoms with Crippen molar-refractivity contribution in [2.75, 3.05) is 11.4 Å². The summed E-state index contributed by atoms with van der Waals surface area (Å²) in [6.45, 7) is 4.77. The van der Waals surface area contributed by atoms with E-state index in [1.807, 2.05) is 49.4 Å². The quantitative estimate of drug-likeness (QED) is 0.757. The lowest BCUT2D eigenvalue weighted by atomic mass is 10.1. The molecule has 144 valence electrons. The van der Waals surface area contributed by atoms with Gasteiger partial charge in [0, 0.05) is 13.5 Å². The summed E-state index contributed by atoms with van der Waals surface area (Å²) in [7, 11) is 0. The molecular weight excluding hydrogens is 356 g/mol. The predicted molar refractivity (Wildman–Crippen MR) is 106 cm³/mol. The van der Waals surface area contributed by atoms with Crippen LogP contribution in [0, 0.1) is 0 Å². The summed E-state index contributed by atoms with van der Waals surface area (Å²) in [4.78, 5) is 31.0. The van der Waals surface area contributed by atoms with Crippen LogP contribution >= 0.6 is 0 Å². The van der Waals surface area contributed by atoms with E-state index >= 15 is 0 Å². The maximum absolute atomic E-state index is 12.8. The average Bonchev–Trinajstić information content (AvgIpc) is 3.08. The molecule has 0 unspecified atom stereocenters. The monoisotopic (exact) mass is 378 g/mol. The molecule has 1 aliphatic heterocycles. The summed E-state index contributed by atoms with van der Waals surface area (Å²) in [6, 6.07) is 15.1. The number of benzene rings is 2. The molecule has 0 aliphatic carbocycles. The normalized spacial score (nSPS) is 15.8. The maximum atomic E-state index is 12.8. The minimum absolute atomic E-state index is 0.124. The van der Waals surface area contributed by atoms with Gasteiger partial charge >= 0.3 is 0 Å². The number of hydrogen-bond acceptors (Lipinski definition) is 4. The number of nitrogens with one attached hydrogen (secondary N) is 1. The van der Waals surface area contributed by atoms with Crippen LogP contribution in [0.25, 0.3) is 11.0 Å². The standard InChI is InChI=1S/C21H22N4O3/c1-3-24-16-9-5-4-8-15(16)23-20(24)12-22-21(27)19-13-25(14(2)26)17-10-6-7-11-18(17)28-19/h4-11,19H,3,12-13H2,1-2H3,(H,22,27)/t19-/m1/s1. The minimum Gasteiger partial charge on any atom is -0.477 e. The third-order valence-corrected chi connectivity index (χ3v) is 4.92. The van der Waals surface area contributed by atoms with Crippen molar-refractivity contribution in [1.29, 1.82) is 0 Å². The number of aryl methyl sites for hydroxylation is 1. The van der Waals surface area contributed by atoms with Crippen molar-refractivity contribution in [2.45, 2.75) is 33.0 Å². The summed E-state index contributed by atoms with van der Waals surface area (Å²) in [5.41, 5.74) is 2.63. The van der Waals surface area contributed by atoms with Gasteiger partial charge in [-0.1, -0.05) is 24.3 Å². The summed E-state index contributed by atoms with van der Waals surface area (Å²) < 4.78 is 7.92. The van der Waals surface area contributed by atoms with E-state index < -0.39 is 6.10 Å². The maximum Gasteiger partial charge on any atom is 0.263 e. The highest BCUT2D eigenvalue weighted by Crippen LogP contribution is 2.33. The summed E-state index contributed by atoms with van der Waals surface area (Å²) >= 11 is 0. The number of para-hydroxylation sites is 4. The molecule has 28 heavy (non-hydrogen) atoms. The molecule has 2 heterocycles. The Labute approximate surface area is 162 Å². The number of aromatic nitrogens is 2. The highest BCUT2D eigenvalue weighted by molar-refractivity contribution is 5.95. The fourth-order valence-corrected chi connectivity index (χ4v) is 3.56. The van der Waals surface area contributed by atoms with Crippen LogP contribution in [0.2, 0.25) is 0 Å². The molecule has 0 saturated carbocycles. The van der Waals surface area contributed by atoms with Gasteiger partial charge in [-0.25, -0.2) is 4.98 Å². The molecule has 0 spiro atoms. The smallest absolute Gasteiger partial charge is 0.263 e. The zero-order chi connectivity index (χ0) is 19.7.